The van der Waals surface area contributed by atoms with Crippen molar-refractivity contribution in [1.29, 1.82) is 0 Å². The molecule has 6 rings (SSSR count). The van der Waals surface area contributed by atoms with Crippen LogP contribution in [0.4, 0.5) is 5.82 Å². The molecule has 0 aliphatic heterocycles. The van der Waals surface area contributed by atoms with Gasteiger partial charge in [0.25, 0.3) is 5.56 Å². The van der Waals surface area contributed by atoms with E-state index in [9.17, 15) is 9.59 Å². The molecule has 2 aliphatic rings. The third-order valence-corrected chi connectivity index (χ3v) is 6.95. The summed E-state index contributed by atoms with van der Waals surface area (Å²) in [6, 6.07) is 5.39. The van der Waals surface area contributed by atoms with Gasteiger partial charge in [-0.2, -0.15) is 0 Å². The molecule has 10 heteroatoms. The summed E-state index contributed by atoms with van der Waals surface area (Å²) in [6.45, 7) is 0. The topological polar surface area (TPSA) is 113 Å². The van der Waals surface area contributed by atoms with Crippen LogP contribution in [0.2, 0.25) is 0 Å². The predicted octanol–water partition coefficient (Wildman–Crippen LogP) is 3.68. The van der Waals surface area contributed by atoms with Crippen LogP contribution in [-0.2, 0) is 25.3 Å². The van der Waals surface area contributed by atoms with Crippen LogP contribution in [0.3, 0.4) is 0 Å². The summed E-state index contributed by atoms with van der Waals surface area (Å²) >= 11 is 0. The monoisotopic (exact) mass is 500 g/mol. The smallest absolute Gasteiger partial charge is 0.253 e. The van der Waals surface area contributed by atoms with E-state index in [0.29, 0.717) is 58.0 Å². The molecule has 2 fully saturated rings. The van der Waals surface area contributed by atoms with Gasteiger partial charge in [-0.15, -0.1) is 0 Å². The number of aromatic nitrogens is 5. The van der Waals surface area contributed by atoms with E-state index in [-0.39, 0.29) is 17.4 Å². The zero-order valence-electron chi connectivity index (χ0n) is 21.0. The Balaban J connectivity index is 1.31. The molecule has 37 heavy (non-hydrogen) atoms. The molecule has 0 atom stereocenters. The minimum absolute atomic E-state index is 0.0229. The van der Waals surface area contributed by atoms with Crippen LogP contribution >= 0.6 is 0 Å². The number of methoxy groups -OCH3 is 1. The van der Waals surface area contributed by atoms with Crippen LogP contribution in [0.25, 0.3) is 11.2 Å². The highest BCUT2D eigenvalue weighted by Crippen LogP contribution is 2.40. The lowest BCUT2D eigenvalue weighted by atomic mass is 10.1. The molecule has 0 spiro atoms. The third kappa shape index (κ3) is 4.54. The van der Waals surface area contributed by atoms with Gasteiger partial charge in [-0.3, -0.25) is 9.59 Å². The Kier molecular flexibility index (Phi) is 5.66. The second-order valence-electron chi connectivity index (χ2n) is 9.82. The first-order valence-corrected chi connectivity index (χ1v) is 12.4. The number of aryl methyl sites for hydroxylation is 2. The Hall–Kier alpha value is -4.21. The first-order chi connectivity index (χ1) is 17.9. The van der Waals surface area contributed by atoms with Gasteiger partial charge in [-0.05, 0) is 49.3 Å². The molecular formula is C27H28N6O4. The van der Waals surface area contributed by atoms with Crippen molar-refractivity contribution in [3.63, 3.8) is 0 Å². The van der Waals surface area contributed by atoms with Crippen molar-refractivity contribution in [3.8, 4) is 17.2 Å². The first kappa shape index (κ1) is 23.2. The highest BCUT2D eigenvalue weighted by atomic mass is 16.5. The van der Waals surface area contributed by atoms with Gasteiger partial charge < -0.3 is 23.9 Å². The van der Waals surface area contributed by atoms with Crippen molar-refractivity contribution in [3.05, 3.63) is 64.1 Å². The number of hydrogen-bond donors (Lipinski definition) is 1. The fourth-order valence-electron chi connectivity index (χ4n) is 4.59. The van der Waals surface area contributed by atoms with Gasteiger partial charge in [0.1, 0.15) is 22.9 Å². The molecule has 0 radical (unpaired) electrons. The highest BCUT2D eigenvalue weighted by Gasteiger charge is 2.30. The minimum Gasteiger partial charge on any atom is -0.491 e. The number of fused-ring (bicyclic) bond motifs is 1. The number of nitrogens with zero attached hydrogens (tertiary/aromatic N) is 5. The number of imidazole rings is 1. The number of anilines is 1. The van der Waals surface area contributed by atoms with Gasteiger partial charge in [0, 0.05) is 50.5 Å². The lowest BCUT2D eigenvalue weighted by Gasteiger charge is -2.12. The average molecular weight is 501 g/mol. The van der Waals surface area contributed by atoms with E-state index in [0.717, 1.165) is 12.8 Å². The van der Waals surface area contributed by atoms with E-state index < -0.39 is 0 Å². The van der Waals surface area contributed by atoms with Gasteiger partial charge >= 0.3 is 0 Å². The number of carbonyl (C=O) groups is 1. The number of ether oxygens (including phenoxy) is 2. The number of carbonyl (C=O) groups excluding carboxylic acids is 1. The van der Waals surface area contributed by atoms with Crippen molar-refractivity contribution in [1.82, 2.24) is 24.1 Å². The standard InChI is InChI=1S/C27H28N6O4/c1-32-14-18(15-4-5-15)10-17(27(32)35)11-22-31-25-23(33(22)2)24(36-3)20(13-29-25)37-19-8-9-28-21(12-19)30-26(34)16-6-7-16/h8-10,12-16H,4-7,11H2,1-3H3,(H,28,30,34). The molecule has 1 N–H and O–H groups in total. The van der Waals surface area contributed by atoms with E-state index >= 15 is 0 Å². The van der Waals surface area contributed by atoms with Gasteiger partial charge in [0.15, 0.2) is 17.1 Å². The molecule has 4 aromatic heterocycles. The zero-order chi connectivity index (χ0) is 25.7. The van der Waals surface area contributed by atoms with Crippen LogP contribution in [-0.4, -0.2) is 37.1 Å². The van der Waals surface area contributed by atoms with Crippen molar-refractivity contribution in [2.24, 2.45) is 20.0 Å². The molecule has 0 aromatic carbocycles. The van der Waals surface area contributed by atoms with Gasteiger partial charge in [-0.25, -0.2) is 15.0 Å². The van der Waals surface area contributed by atoms with Crippen molar-refractivity contribution >= 4 is 22.9 Å². The average Bonchev–Trinajstić information content (AvgIpc) is 3.80. The summed E-state index contributed by atoms with van der Waals surface area (Å²) in [6.07, 6.45) is 9.63. The van der Waals surface area contributed by atoms with Crippen LogP contribution in [0.1, 0.15) is 48.6 Å². The summed E-state index contributed by atoms with van der Waals surface area (Å²) in [5.74, 6) is 3.11. The fourth-order valence-corrected chi connectivity index (χ4v) is 4.59. The maximum atomic E-state index is 12.8. The van der Waals surface area contributed by atoms with Gasteiger partial charge in [-0.1, -0.05) is 0 Å². The number of rotatable bonds is 8. The van der Waals surface area contributed by atoms with Crippen molar-refractivity contribution < 1.29 is 14.3 Å². The van der Waals surface area contributed by atoms with E-state index in [4.69, 9.17) is 14.5 Å². The Morgan fingerprint density at radius 2 is 1.97 bits per heavy atom. The maximum Gasteiger partial charge on any atom is 0.253 e. The molecular weight excluding hydrogens is 472 g/mol. The Morgan fingerprint density at radius 1 is 1.16 bits per heavy atom. The normalized spacial score (nSPS) is 15.1. The molecule has 1 amide bonds. The Labute approximate surface area is 213 Å². The number of pyridine rings is 3. The van der Waals surface area contributed by atoms with E-state index in [2.05, 4.69) is 15.3 Å². The molecule has 4 heterocycles. The van der Waals surface area contributed by atoms with E-state index in [1.807, 2.05) is 23.9 Å². The number of amides is 1. The molecule has 4 aromatic rings. The summed E-state index contributed by atoms with van der Waals surface area (Å²) in [5, 5.41) is 2.83. The molecule has 0 saturated heterocycles. The van der Waals surface area contributed by atoms with Crippen LogP contribution in [0, 0.1) is 5.92 Å². The first-order valence-electron chi connectivity index (χ1n) is 12.4. The van der Waals surface area contributed by atoms with Crippen molar-refractivity contribution in [2.45, 2.75) is 38.0 Å². The summed E-state index contributed by atoms with van der Waals surface area (Å²) in [4.78, 5) is 38.4. The maximum absolute atomic E-state index is 12.8. The molecule has 0 unspecified atom stereocenters. The SMILES string of the molecule is COc1c(Oc2ccnc(NC(=O)C3CC3)c2)cnc2nc(Cc3cc(C4CC4)cn(C)c3=O)n(C)c12. The molecule has 10 nitrogen and oxygen atoms in total. The van der Waals surface area contributed by atoms with Crippen LogP contribution in [0.5, 0.6) is 17.2 Å². The van der Waals surface area contributed by atoms with Gasteiger partial charge in [0.05, 0.1) is 13.3 Å². The Morgan fingerprint density at radius 3 is 2.70 bits per heavy atom. The number of nitrogens with one attached hydrogen (secondary N) is 1. The largest absolute Gasteiger partial charge is 0.491 e. The minimum atomic E-state index is -0.0253. The van der Waals surface area contributed by atoms with Crippen molar-refractivity contribution in [2.75, 3.05) is 12.4 Å². The molecule has 190 valence electrons. The van der Waals surface area contributed by atoms with Gasteiger partial charge in [0.2, 0.25) is 5.91 Å². The second kappa shape index (κ2) is 9.02. The third-order valence-electron chi connectivity index (χ3n) is 6.95. The quantitative estimate of drug-likeness (QED) is 0.393. The zero-order valence-corrected chi connectivity index (χ0v) is 21.0. The lowest BCUT2D eigenvalue weighted by molar-refractivity contribution is -0.117. The van der Waals surface area contributed by atoms with E-state index in [1.165, 1.54) is 18.4 Å². The fraction of sp³-hybridized carbons (Fsp3) is 0.370. The summed E-state index contributed by atoms with van der Waals surface area (Å²) in [7, 11) is 5.24. The molecule has 2 aliphatic carbocycles. The Bertz CT molecular complexity index is 1580. The lowest BCUT2D eigenvalue weighted by Crippen LogP contribution is -2.22. The highest BCUT2D eigenvalue weighted by molar-refractivity contribution is 5.93. The van der Waals surface area contributed by atoms with E-state index in [1.54, 1.807) is 43.3 Å². The molecule has 0 bridgehead atoms. The predicted molar refractivity (Wildman–Crippen MR) is 137 cm³/mol. The molecule has 2 saturated carbocycles. The summed E-state index contributed by atoms with van der Waals surface area (Å²) < 4.78 is 15.4. The second-order valence-corrected chi connectivity index (χ2v) is 9.82. The number of hydrogen-bond acceptors (Lipinski definition) is 7. The van der Waals surface area contributed by atoms with Crippen LogP contribution < -0.4 is 20.3 Å². The van der Waals surface area contributed by atoms with Crippen LogP contribution in [0.15, 0.2) is 41.6 Å². The summed E-state index contributed by atoms with van der Waals surface area (Å²) in [5.41, 5.74) is 3.05.